The Hall–Kier alpha value is -4.04. The predicted molar refractivity (Wildman–Crippen MR) is 113 cm³/mol. The lowest BCUT2D eigenvalue weighted by Crippen LogP contribution is -2.21. The van der Waals surface area contributed by atoms with Crippen LogP contribution in [-0.4, -0.2) is 17.9 Å². The van der Waals surface area contributed by atoms with Gasteiger partial charge in [-0.3, -0.25) is 4.79 Å². The standard InChI is InChI=1S/C24H19N3O2/c1-29-22-9-5-4-8-21(22)27-23(17-12-10-16(14-25)11-13-17)24(28)19-15-26-20-7-3-2-6-18(19)20/h2-13,15,23,26-27H,1H3. The lowest BCUT2D eigenvalue weighted by molar-refractivity contribution is 0.0971. The van der Waals surface area contributed by atoms with Crippen LogP contribution in [0.3, 0.4) is 0 Å². The number of methoxy groups -OCH3 is 1. The molecule has 0 bridgehead atoms. The summed E-state index contributed by atoms with van der Waals surface area (Å²) in [7, 11) is 1.60. The molecule has 4 aromatic rings. The number of fused-ring (bicyclic) bond motifs is 1. The van der Waals surface area contributed by atoms with Crippen molar-refractivity contribution in [3.05, 3.63) is 95.7 Å². The molecule has 1 heterocycles. The maximum Gasteiger partial charge on any atom is 0.191 e. The zero-order valence-electron chi connectivity index (χ0n) is 15.8. The zero-order chi connectivity index (χ0) is 20.2. The van der Waals surface area contributed by atoms with Gasteiger partial charge in [-0.1, -0.05) is 42.5 Å². The van der Waals surface area contributed by atoms with E-state index in [4.69, 9.17) is 10.00 Å². The molecule has 2 N–H and O–H groups in total. The quantitative estimate of drug-likeness (QED) is 0.456. The highest BCUT2D eigenvalue weighted by atomic mass is 16.5. The van der Waals surface area contributed by atoms with E-state index in [1.54, 1.807) is 37.6 Å². The number of rotatable bonds is 6. The van der Waals surface area contributed by atoms with Crippen molar-refractivity contribution in [1.82, 2.24) is 4.98 Å². The second kappa shape index (κ2) is 7.91. The van der Waals surface area contributed by atoms with Gasteiger partial charge in [-0.2, -0.15) is 5.26 Å². The van der Waals surface area contributed by atoms with Crippen LogP contribution in [0.15, 0.2) is 79.0 Å². The van der Waals surface area contributed by atoms with Gasteiger partial charge in [0.2, 0.25) is 0 Å². The number of nitrogens with one attached hydrogen (secondary N) is 2. The third kappa shape index (κ3) is 3.56. The van der Waals surface area contributed by atoms with Gasteiger partial charge in [0, 0.05) is 22.7 Å². The number of carbonyl (C=O) groups excluding carboxylic acids is 1. The number of benzene rings is 3. The van der Waals surface area contributed by atoms with E-state index in [1.165, 1.54) is 0 Å². The molecular formula is C24H19N3O2. The Balaban J connectivity index is 1.78. The maximum absolute atomic E-state index is 13.6. The first-order chi connectivity index (χ1) is 14.2. The van der Waals surface area contributed by atoms with Gasteiger partial charge in [0.05, 0.1) is 24.4 Å². The smallest absolute Gasteiger partial charge is 0.191 e. The number of carbonyl (C=O) groups is 1. The highest BCUT2D eigenvalue weighted by molar-refractivity contribution is 6.11. The molecule has 0 amide bonds. The van der Waals surface area contributed by atoms with E-state index in [-0.39, 0.29) is 5.78 Å². The van der Waals surface area contributed by atoms with Crippen LogP contribution >= 0.6 is 0 Å². The summed E-state index contributed by atoms with van der Waals surface area (Å²) in [4.78, 5) is 16.8. The number of hydrogen-bond donors (Lipinski definition) is 2. The summed E-state index contributed by atoms with van der Waals surface area (Å²) < 4.78 is 5.44. The number of aromatic nitrogens is 1. The molecule has 0 fully saturated rings. The van der Waals surface area contributed by atoms with Gasteiger partial charge < -0.3 is 15.0 Å². The number of ether oxygens (including phenoxy) is 1. The second-order valence-corrected chi connectivity index (χ2v) is 6.62. The van der Waals surface area contributed by atoms with Gasteiger partial charge in [0.1, 0.15) is 11.8 Å². The first-order valence-electron chi connectivity index (χ1n) is 9.21. The average molecular weight is 381 g/mol. The third-order valence-electron chi connectivity index (χ3n) is 4.90. The van der Waals surface area contributed by atoms with Gasteiger partial charge in [0.15, 0.2) is 5.78 Å². The number of nitriles is 1. The maximum atomic E-state index is 13.6. The van der Waals surface area contributed by atoms with E-state index in [0.29, 0.717) is 16.9 Å². The number of hydrogen-bond acceptors (Lipinski definition) is 4. The Labute approximate surface area is 168 Å². The van der Waals surface area contributed by atoms with Crippen LogP contribution < -0.4 is 10.1 Å². The zero-order valence-corrected chi connectivity index (χ0v) is 15.8. The molecule has 5 heteroatoms. The van der Waals surface area contributed by atoms with E-state index in [1.807, 2.05) is 48.5 Å². The lowest BCUT2D eigenvalue weighted by atomic mass is 9.96. The number of H-pyrrole nitrogens is 1. The fourth-order valence-electron chi connectivity index (χ4n) is 3.40. The van der Waals surface area contributed by atoms with E-state index < -0.39 is 6.04 Å². The van der Waals surface area contributed by atoms with Crippen molar-refractivity contribution in [3.63, 3.8) is 0 Å². The van der Waals surface area contributed by atoms with Crippen LogP contribution in [0.5, 0.6) is 5.75 Å². The molecular weight excluding hydrogens is 362 g/mol. The van der Waals surface area contributed by atoms with E-state index in [9.17, 15) is 4.79 Å². The Morgan fingerprint density at radius 2 is 1.76 bits per heavy atom. The molecule has 0 saturated carbocycles. The Bertz CT molecular complexity index is 1200. The summed E-state index contributed by atoms with van der Waals surface area (Å²) in [5.74, 6) is 0.580. The molecule has 142 valence electrons. The molecule has 0 radical (unpaired) electrons. The van der Waals surface area contributed by atoms with Crippen molar-refractivity contribution in [2.24, 2.45) is 0 Å². The Kier molecular flexibility index (Phi) is 5.00. The highest BCUT2D eigenvalue weighted by Crippen LogP contribution is 2.31. The minimum Gasteiger partial charge on any atom is -0.495 e. The monoisotopic (exact) mass is 381 g/mol. The molecule has 1 atom stereocenters. The molecule has 0 aliphatic carbocycles. The molecule has 3 aromatic carbocycles. The van der Waals surface area contributed by atoms with Crippen molar-refractivity contribution in [3.8, 4) is 11.8 Å². The van der Waals surface area contributed by atoms with Crippen LogP contribution in [0.25, 0.3) is 10.9 Å². The predicted octanol–water partition coefficient (Wildman–Crippen LogP) is 5.08. The van der Waals surface area contributed by atoms with E-state index in [2.05, 4.69) is 16.4 Å². The van der Waals surface area contributed by atoms with Crippen molar-refractivity contribution in [2.45, 2.75) is 6.04 Å². The van der Waals surface area contributed by atoms with Crippen LogP contribution in [0, 0.1) is 11.3 Å². The fraction of sp³-hybridized carbons (Fsp3) is 0.0833. The molecule has 5 nitrogen and oxygen atoms in total. The summed E-state index contributed by atoms with van der Waals surface area (Å²) in [5, 5.41) is 13.3. The van der Waals surface area contributed by atoms with Crippen molar-refractivity contribution in [1.29, 1.82) is 5.26 Å². The Morgan fingerprint density at radius 1 is 1.03 bits per heavy atom. The SMILES string of the molecule is COc1ccccc1NC(C(=O)c1c[nH]c2ccccc12)c1ccc(C#N)cc1. The largest absolute Gasteiger partial charge is 0.495 e. The minimum atomic E-state index is -0.641. The number of para-hydroxylation sites is 3. The van der Waals surface area contributed by atoms with Crippen molar-refractivity contribution in [2.75, 3.05) is 12.4 Å². The number of aromatic amines is 1. The lowest BCUT2D eigenvalue weighted by Gasteiger charge is -2.21. The molecule has 0 saturated heterocycles. The second-order valence-electron chi connectivity index (χ2n) is 6.62. The first kappa shape index (κ1) is 18.3. The van der Waals surface area contributed by atoms with Crippen LogP contribution in [0.2, 0.25) is 0 Å². The number of Topliss-reactive ketones (excluding diaryl/α,β-unsaturated/α-hetero) is 1. The van der Waals surface area contributed by atoms with E-state index in [0.717, 1.165) is 22.2 Å². The molecule has 29 heavy (non-hydrogen) atoms. The van der Waals surface area contributed by atoms with Gasteiger partial charge in [0.25, 0.3) is 0 Å². The first-order valence-corrected chi connectivity index (χ1v) is 9.21. The summed E-state index contributed by atoms with van der Waals surface area (Å²) in [6.07, 6.45) is 1.74. The van der Waals surface area contributed by atoms with Gasteiger partial charge >= 0.3 is 0 Å². The fourth-order valence-corrected chi connectivity index (χ4v) is 3.40. The topological polar surface area (TPSA) is 77.9 Å². The number of ketones is 1. The van der Waals surface area contributed by atoms with Crippen LogP contribution in [0.4, 0.5) is 5.69 Å². The molecule has 1 aromatic heterocycles. The molecule has 4 rings (SSSR count). The summed E-state index contributed by atoms with van der Waals surface area (Å²) in [5.41, 5.74) is 3.55. The number of anilines is 1. The third-order valence-corrected chi connectivity index (χ3v) is 4.90. The normalized spacial score (nSPS) is 11.6. The van der Waals surface area contributed by atoms with Crippen molar-refractivity contribution >= 4 is 22.4 Å². The van der Waals surface area contributed by atoms with Crippen LogP contribution in [0.1, 0.15) is 27.5 Å². The molecule has 0 aliphatic rings. The molecule has 0 spiro atoms. The number of nitrogens with zero attached hydrogens (tertiary/aromatic N) is 1. The Morgan fingerprint density at radius 3 is 2.52 bits per heavy atom. The highest BCUT2D eigenvalue weighted by Gasteiger charge is 2.25. The summed E-state index contributed by atoms with van der Waals surface area (Å²) >= 11 is 0. The minimum absolute atomic E-state index is 0.0712. The summed E-state index contributed by atoms with van der Waals surface area (Å²) in [6.45, 7) is 0. The van der Waals surface area contributed by atoms with E-state index >= 15 is 0 Å². The van der Waals surface area contributed by atoms with Gasteiger partial charge in [-0.05, 0) is 35.9 Å². The van der Waals surface area contributed by atoms with Gasteiger partial charge in [-0.15, -0.1) is 0 Å². The average Bonchev–Trinajstić information content (AvgIpc) is 3.21. The van der Waals surface area contributed by atoms with Gasteiger partial charge in [-0.25, -0.2) is 0 Å². The molecule has 1 unspecified atom stereocenters. The summed E-state index contributed by atoms with van der Waals surface area (Å²) in [6, 6.07) is 23.7. The van der Waals surface area contributed by atoms with Crippen molar-refractivity contribution < 1.29 is 9.53 Å². The molecule has 0 aliphatic heterocycles. The van der Waals surface area contributed by atoms with Crippen LogP contribution in [-0.2, 0) is 0 Å².